The fraction of sp³-hybridized carbons (Fsp3) is 0.571. The molecule has 0 bridgehead atoms. The molecule has 0 aliphatic rings. The van der Waals surface area contributed by atoms with Crippen LogP contribution in [0.5, 0.6) is 0 Å². The van der Waals surface area contributed by atoms with E-state index >= 15 is 0 Å². The summed E-state index contributed by atoms with van der Waals surface area (Å²) in [5.74, 6) is 0. The Morgan fingerprint density at radius 3 is 2.92 bits per heavy atom. The maximum absolute atomic E-state index is 9.58. The number of rotatable bonds is 3. The predicted octanol–water partition coefficient (Wildman–Crippen LogP) is 0.355. The van der Waals surface area contributed by atoms with Gasteiger partial charge in [0, 0.05) is 12.7 Å². The fourth-order valence-corrected chi connectivity index (χ4v) is 1.17. The van der Waals surface area contributed by atoms with Crippen LogP contribution in [0.15, 0.2) is 16.9 Å². The predicted molar refractivity (Wildman–Crippen MR) is 49.6 cm³/mol. The minimum Gasteiger partial charge on any atom is -0.387 e. The van der Waals surface area contributed by atoms with Crippen molar-refractivity contribution in [1.29, 1.82) is 0 Å². The highest BCUT2D eigenvalue weighted by molar-refractivity contribution is 9.10. The van der Waals surface area contributed by atoms with Crippen LogP contribution in [0.2, 0.25) is 0 Å². The van der Waals surface area contributed by atoms with Gasteiger partial charge in [-0.05, 0) is 22.9 Å². The Labute approximate surface area is 79.5 Å². The lowest BCUT2D eigenvalue weighted by Gasteiger charge is -2.20. The molecule has 12 heavy (non-hydrogen) atoms. The molecule has 1 aromatic rings. The van der Waals surface area contributed by atoms with Crippen molar-refractivity contribution in [3.8, 4) is 0 Å². The van der Waals surface area contributed by atoms with Crippen LogP contribution in [0.1, 0.15) is 6.92 Å². The van der Waals surface area contributed by atoms with Gasteiger partial charge in [-0.1, -0.05) is 0 Å². The Morgan fingerprint density at radius 2 is 2.50 bits per heavy atom. The molecule has 4 nitrogen and oxygen atoms in total. The molecular formula is C7H12BrN3O. The molecular weight excluding hydrogens is 222 g/mol. The van der Waals surface area contributed by atoms with Crippen LogP contribution in [0.4, 0.5) is 0 Å². The summed E-state index contributed by atoms with van der Waals surface area (Å²) in [5.41, 5.74) is 4.47. The monoisotopic (exact) mass is 233 g/mol. The highest BCUT2D eigenvalue weighted by atomic mass is 79.9. The van der Waals surface area contributed by atoms with Gasteiger partial charge in [-0.25, -0.2) is 0 Å². The van der Waals surface area contributed by atoms with Crippen LogP contribution in [0.3, 0.4) is 0 Å². The minimum absolute atomic E-state index is 0.227. The van der Waals surface area contributed by atoms with Gasteiger partial charge in [0.15, 0.2) is 0 Å². The molecule has 1 atom stereocenters. The van der Waals surface area contributed by atoms with Crippen LogP contribution in [-0.2, 0) is 6.54 Å². The smallest absolute Gasteiger partial charge is 0.0936 e. The van der Waals surface area contributed by atoms with Gasteiger partial charge in [0.2, 0.25) is 0 Å². The van der Waals surface area contributed by atoms with E-state index in [2.05, 4.69) is 21.0 Å². The topological polar surface area (TPSA) is 64.1 Å². The number of halogens is 1. The van der Waals surface area contributed by atoms with Gasteiger partial charge in [-0.15, -0.1) is 0 Å². The van der Waals surface area contributed by atoms with E-state index in [4.69, 9.17) is 5.73 Å². The number of hydrogen-bond acceptors (Lipinski definition) is 3. The van der Waals surface area contributed by atoms with Gasteiger partial charge >= 0.3 is 0 Å². The van der Waals surface area contributed by atoms with Crippen molar-refractivity contribution in [3.63, 3.8) is 0 Å². The van der Waals surface area contributed by atoms with Gasteiger partial charge in [0.05, 0.1) is 22.8 Å². The third-order valence-electron chi connectivity index (χ3n) is 1.54. The highest BCUT2D eigenvalue weighted by Crippen LogP contribution is 2.09. The van der Waals surface area contributed by atoms with Gasteiger partial charge in [-0.2, -0.15) is 5.10 Å². The Bertz CT molecular complexity index is 259. The van der Waals surface area contributed by atoms with Crippen LogP contribution in [-0.4, -0.2) is 27.0 Å². The minimum atomic E-state index is -0.883. The maximum Gasteiger partial charge on any atom is 0.0936 e. The molecule has 0 spiro atoms. The lowest BCUT2D eigenvalue weighted by molar-refractivity contribution is 0.0471. The molecule has 0 saturated carbocycles. The lowest BCUT2D eigenvalue weighted by Crippen LogP contribution is -2.38. The second kappa shape index (κ2) is 3.55. The summed E-state index contributed by atoms with van der Waals surface area (Å²) in [4.78, 5) is 0. The van der Waals surface area contributed by atoms with E-state index in [1.165, 1.54) is 0 Å². The van der Waals surface area contributed by atoms with Crippen LogP contribution >= 0.6 is 15.9 Å². The Balaban J connectivity index is 2.63. The third-order valence-corrected chi connectivity index (χ3v) is 1.95. The van der Waals surface area contributed by atoms with Crippen molar-refractivity contribution in [1.82, 2.24) is 9.78 Å². The number of nitrogens with zero attached hydrogens (tertiary/aromatic N) is 2. The highest BCUT2D eigenvalue weighted by Gasteiger charge is 2.18. The first-order valence-corrected chi connectivity index (χ1v) is 4.43. The molecule has 0 saturated heterocycles. The summed E-state index contributed by atoms with van der Waals surface area (Å²) in [6.07, 6.45) is 3.47. The second-order valence-electron chi connectivity index (χ2n) is 3.06. The van der Waals surface area contributed by atoms with E-state index < -0.39 is 5.60 Å². The van der Waals surface area contributed by atoms with E-state index in [0.717, 1.165) is 4.47 Å². The van der Waals surface area contributed by atoms with Crippen molar-refractivity contribution in [2.45, 2.75) is 19.1 Å². The van der Waals surface area contributed by atoms with Gasteiger partial charge in [0.25, 0.3) is 0 Å². The summed E-state index contributed by atoms with van der Waals surface area (Å²) < 4.78 is 2.55. The van der Waals surface area contributed by atoms with Crippen molar-refractivity contribution in [2.75, 3.05) is 6.54 Å². The molecule has 5 heteroatoms. The number of aromatic nitrogens is 2. The summed E-state index contributed by atoms with van der Waals surface area (Å²) in [6.45, 7) is 2.32. The van der Waals surface area contributed by atoms with E-state index in [9.17, 15) is 5.11 Å². The quantitative estimate of drug-likeness (QED) is 0.793. The van der Waals surface area contributed by atoms with Crippen molar-refractivity contribution < 1.29 is 5.11 Å². The number of aliphatic hydroxyl groups is 1. The van der Waals surface area contributed by atoms with E-state index in [-0.39, 0.29) is 6.54 Å². The lowest BCUT2D eigenvalue weighted by atomic mass is 10.1. The molecule has 0 aliphatic carbocycles. The molecule has 0 fully saturated rings. The van der Waals surface area contributed by atoms with E-state index in [0.29, 0.717) is 6.54 Å². The van der Waals surface area contributed by atoms with Crippen molar-refractivity contribution >= 4 is 15.9 Å². The van der Waals surface area contributed by atoms with E-state index in [1.54, 1.807) is 24.0 Å². The van der Waals surface area contributed by atoms with Gasteiger partial charge in [-0.3, -0.25) is 4.68 Å². The molecule has 0 aromatic carbocycles. The summed E-state index contributed by atoms with van der Waals surface area (Å²) >= 11 is 3.27. The van der Waals surface area contributed by atoms with Crippen LogP contribution in [0.25, 0.3) is 0 Å². The maximum atomic E-state index is 9.58. The zero-order chi connectivity index (χ0) is 9.19. The number of hydrogen-bond donors (Lipinski definition) is 2. The standard InChI is InChI=1S/C7H12BrN3O/c1-7(12,4-9)5-11-3-6(8)2-10-11/h2-3,12H,4-5,9H2,1H3. The second-order valence-corrected chi connectivity index (χ2v) is 3.97. The molecule has 1 aromatic heterocycles. The molecule has 1 unspecified atom stereocenters. The Hall–Kier alpha value is -0.390. The summed E-state index contributed by atoms with van der Waals surface area (Å²) in [5, 5.41) is 13.6. The van der Waals surface area contributed by atoms with Gasteiger partial charge < -0.3 is 10.8 Å². The average Bonchev–Trinajstić information content (AvgIpc) is 2.35. The first-order chi connectivity index (χ1) is 5.53. The Morgan fingerprint density at radius 1 is 1.83 bits per heavy atom. The van der Waals surface area contributed by atoms with Crippen molar-refractivity contribution in [2.24, 2.45) is 5.73 Å². The largest absolute Gasteiger partial charge is 0.387 e. The average molecular weight is 234 g/mol. The molecule has 1 rings (SSSR count). The van der Waals surface area contributed by atoms with Gasteiger partial charge in [0.1, 0.15) is 0 Å². The molecule has 0 amide bonds. The first kappa shape index (κ1) is 9.70. The SMILES string of the molecule is CC(O)(CN)Cn1cc(Br)cn1. The number of nitrogens with two attached hydrogens (primary N) is 1. The molecule has 0 aliphatic heterocycles. The normalized spacial score (nSPS) is 16.0. The molecule has 1 heterocycles. The molecule has 0 radical (unpaired) electrons. The zero-order valence-electron chi connectivity index (χ0n) is 6.87. The third kappa shape index (κ3) is 2.58. The molecule has 3 N–H and O–H groups in total. The zero-order valence-corrected chi connectivity index (χ0v) is 8.45. The summed E-state index contributed by atoms with van der Waals surface area (Å²) in [6, 6.07) is 0. The Kier molecular flexibility index (Phi) is 2.87. The molecule has 68 valence electrons. The van der Waals surface area contributed by atoms with Crippen LogP contribution < -0.4 is 5.73 Å². The van der Waals surface area contributed by atoms with Crippen LogP contribution in [0, 0.1) is 0 Å². The fourth-order valence-electron chi connectivity index (χ4n) is 0.838. The first-order valence-electron chi connectivity index (χ1n) is 3.64. The van der Waals surface area contributed by atoms with Crippen molar-refractivity contribution in [3.05, 3.63) is 16.9 Å². The summed E-state index contributed by atoms with van der Waals surface area (Å²) in [7, 11) is 0. The van der Waals surface area contributed by atoms with E-state index in [1.807, 2.05) is 0 Å².